The zero-order valence-corrected chi connectivity index (χ0v) is 18.2. The highest BCUT2D eigenvalue weighted by Crippen LogP contribution is 2.33. The van der Waals surface area contributed by atoms with Crippen molar-refractivity contribution in [1.29, 1.82) is 0 Å². The smallest absolute Gasteiger partial charge is 0.344 e. The van der Waals surface area contributed by atoms with Gasteiger partial charge in [-0.2, -0.15) is 5.10 Å². The predicted molar refractivity (Wildman–Crippen MR) is 114 cm³/mol. The molecule has 0 heterocycles. The Balaban J connectivity index is 2.10. The zero-order chi connectivity index (χ0) is 21.2. The maximum absolute atomic E-state index is 12.1. The van der Waals surface area contributed by atoms with Gasteiger partial charge < -0.3 is 14.2 Å². The summed E-state index contributed by atoms with van der Waals surface area (Å²) in [7, 11) is 0. The van der Waals surface area contributed by atoms with Crippen molar-refractivity contribution in [1.82, 2.24) is 5.43 Å². The van der Waals surface area contributed by atoms with Crippen molar-refractivity contribution in [2.24, 2.45) is 5.10 Å². The van der Waals surface area contributed by atoms with Crippen molar-refractivity contribution < 1.29 is 23.8 Å². The SMILES string of the molecule is CCOC(=O)COc1cc(Br)c(/C=N\NC(=O)c2ccc(Cl)cc2)cc1OCC. The lowest BCUT2D eigenvalue weighted by molar-refractivity contribution is -0.145. The molecule has 0 atom stereocenters. The normalized spacial score (nSPS) is 10.6. The summed E-state index contributed by atoms with van der Waals surface area (Å²) < 4.78 is 16.6. The average molecular weight is 484 g/mol. The minimum Gasteiger partial charge on any atom is -0.490 e. The number of rotatable bonds is 9. The van der Waals surface area contributed by atoms with Crippen LogP contribution in [0.2, 0.25) is 5.02 Å². The van der Waals surface area contributed by atoms with E-state index < -0.39 is 5.97 Å². The van der Waals surface area contributed by atoms with Crippen molar-refractivity contribution in [3.63, 3.8) is 0 Å². The number of hydrogen-bond acceptors (Lipinski definition) is 6. The van der Waals surface area contributed by atoms with E-state index in [1.54, 1.807) is 43.3 Å². The van der Waals surface area contributed by atoms with Gasteiger partial charge in [0, 0.05) is 20.6 Å². The van der Waals surface area contributed by atoms with Crippen molar-refractivity contribution in [2.45, 2.75) is 13.8 Å². The standard InChI is InChI=1S/C20H20BrClN2O5/c1-3-27-17-9-14(16(21)10-18(17)29-12-19(25)28-4-2)11-23-24-20(26)13-5-7-15(22)8-6-13/h5-11H,3-4,12H2,1-2H3,(H,24,26)/b23-11-. The van der Waals surface area contributed by atoms with Crippen LogP contribution in [0.1, 0.15) is 29.8 Å². The van der Waals surface area contributed by atoms with Crippen LogP contribution in [0.25, 0.3) is 0 Å². The number of nitrogens with one attached hydrogen (secondary N) is 1. The highest BCUT2D eigenvalue weighted by atomic mass is 79.9. The minimum absolute atomic E-state index is 0.231. The second-order valence-electron chi connectivity index (χ2n) is 5.55. The number of nitrogens with zero attached hydrogens (tertiary/aromatic N) is 1. The Labute approximate surface area is 182 Å². The third-order valence-electron chi connectivity index (χ3n) is 3.49. The third-order valence-corrected chi connectivity index (χ3v) is 4.43. The van der Waals surface area contributed by atoms with E-state index in [0.29, 0.717) is 38.7 Å². The third kappa shape index (κ3) is 7.07. The summed E-state index contributed by atoms with van der Waals surface area (Å²) in [5, 5.41) is 4.52. The number of benzene rings is 2. The molecule has 0 aliphatic carbocycles. The van der Waals surface area contributed by atoms with Gasteiger partial charge in [0.25, 0.3) is 5.91 Å². The Morgan fingerprint density at radius 1 is 1.10 bits per heavy atom. The molecule has 2 aromatic carbocycles. The molecule has 0 aliphatic heterocycles. The average Bonchev–Trinajstić information content (AvgIpc) is 2.69. The molecule has 2 rings (SSSR count). The maximum Gasteiger partial charge on any atom is 0.344 e. The fourth-order valence-electron chi connectivity index (χ4n) is 2.20. The molecule has 0 radical (unpaired) electrons. The van der Waals surface area contributed by atoms with Crippen molar-refractivity contribution in [3.05, 3.63) is 57.0 Å². The summed E-state index contributed by atoms with van der Waals surface area (Å²) in [6, 6.07) is 9.80. The lowest BCUT2D eigenvalue weighted by Crippen LogP contribution is -2.17. The van der Waals surface area contributed by atoms with Crippen LogP contribution in [-0.4, -0.2) is 37.9 Å². The van der Waals surface area contributed by atoms with E-state index in [4.69, 9.17) is 25.8 Å². The highest BCUT2D eigenvalue weighted by molar-refractivity contribution is 9.10. The molecular weight excluding hydrogens is 464 g/mol. The van der Waals surface area contributed by atoms with Gasteiger partial charge in [-0.1, -0.05) is 11.6 Å². The van der Waals surface area contributed by atoms with E-state index in [-0.39, 0.29) is 19.1 Å². The number of hydrazone groups is 1. The minimum atomic E-state index is -0.471. The molecule has 7 nitrogen and oxygen atoms in total. The number of halogens is 2. The van der Waals surface area contributed by atoms with Gasteiger partial charge >= 0.3 is 5.97 Å². The number of carbonyl (C=O) groups excluding carboxylic acids is 2. The molecule has 1 N–H and O–H groups in total. The van der Waals surface area contributed by atoms with Gasteiger partial charge in [0.1, 0.15) is 0 Å². The molecule has 29 heavy (non-hydrogen) atoms. The molecule has 0 spiro atoms. The summed E-state index contributed by atoms with van der Waals surface area (Å²) in [4.78, 5) is 23.6. The van der Waals surface area contributed by atoms with Gasteiger partial charge in [-0.3, -0.25) is 4.79 Å². The van der Waals surface area contributed by atoms with E-state index in [2.05, 4.69) is 26.5 Å². The zero-order valence-electron chi connectivity index (χ0n) is 15.9. The van der Waals surface area contributed by atoms with Crippen LogP contribution in [0.4, 0.5) is 0 Å². The van der Waals surface area contributed by atoms with Gasteiger partial charge in [0.2, 0.25) is 0 Å². The largest absolute Gasteiger partial charge is 0.490 e. The molecular formula is C20H20BrClN2O5. The van der Waals surface area contributed by atoms with Gasteiger partial charge in [-0.05, 0) is 66.2 Å². The molecule has 0 aromatic heterocycles. The summed E-state index contributed by atoms with van der Waals surface area (Å²) in [6.45, 7) is 4.00. The van der Waals surface area contributed by atoms with Gasteiger partial charge in [-0.25, -0.2) is 10.2 Å². The molecule has 0 unspecified atom stereocenters. The second kappa shape index (κ2) is 11.4. The highest BCUT2D eigenvalue weighted by Gasteiger charge is 2.12. The van der Waals surface area contributed by atoms with E-state index in [9.17, 15) is 9.59 Å². The first-order valence-corrected chi connectivity index (χ1v) is 9.95. The van der Waals surface area contributed by atoms with Crippen molar-refractivity contribution in [2.75, 3.05) is 19.8 Å². The molecule has 0 bridgehead atoms. The lowest BCUT2D eigenvalue weighted by atomic mass is 10.2. The fraction of sp³-hybridized carbons (Fsp3) is 0.250. The number of esters is 1. The number of ether oxygens (including phenoxy) is 3. The Hall–Kier alpha value is -2.58. The Morgan fingerprint density at radius 2 is 1.79 bits per heavy atom. The summed E-state index contributed by atoms with van der Waals surface area (Å²) in [6.07, 6.45) is 1.47. The van der Waals surface area contributed by atoms with Gasteiger partial charge in [0.15, 0.2) is 18.1 Å². The van der Waals surface area contributed by atoms with Crippen LogP contribution in [0.5, 0.6) is 11.5 Å². The lowest BCUT2D eigenvalue weighted by Gasteiger charge is -2.13. The topological polar surface area (TPSA) is 86.2 Å². The molecule has 9 heteroatoms. The van der Waals surface area contributed by atoms with Crippen LogP contribution in [0.15, 0.2) is 46.0 Å². The first kappa shape index (κ1) is 22.7. The fourth-order valence-corrected chi connectivity index (χ4v) is 2.75. The molecule has 0 fully saturated rings. The molecule has 2 aromatic rings. The molecule has 0 saturated carbocycles. The quantitative estimate of drug-likeness (QED) is 0.328. The van der Waals surface area contributed by atoms with Crippen LogP contribution in [-0.2, 0) is 9.53 Å². The molecule has 1 amide bonds. The molecule has 154 valence electrons. The van der Waals surface area contributed by atoms with E-state index in [1.165, 1.54) is 6.21 Å². The monoisotopic (exact) mass is 482 g/mol. The Morgan fingerprint density at radius 3 is 2.45 bits per heavy atom. The van der Waals surface area contributed by atoms with E-state index in [1.807, 2.05) is 6.92 Å². The van der Waals surface area contributed by atoms with E-state index >= 15 is 0 Å². The van der Waals surface area contributed by atoms with Crippen molar-refractivity contribution >= 4 is 45.6 Å². The second-order valence-corrected chi connectivity index (χ2v) is 6.84. The van der Waals surface area contributed by atoms with Crippen LogP contribution < -0.4 is 14.9 Å². The van der Waals surface area contributed by atoms with Gasteiger partial charge in [-0.15, -0.1) is 0 Å². The first-order chi connectivity index (χ1) is 13.9. The predicted octanol–water partition coefficient (Wildman–Crippen LogP) is 4.21. The molecule has 0 saturated heterocycles. The van der Waals surface area contributed by atoms with Gasteiger partial charge in [0.05, 0.1) is 19.4 Å². The maximum atomic E-state index is 12.1. The van der Waals surface area contributed by atoms with Crippen molar-refractivity contribution in [3.8, 4) is 11.5 Å². The number of amides is 1. The Bertz CT molecular complexity index is 887. The first-order valence-electron chi connectivity index (χ1n) is 8.78. The Kier molecular flexibility index (Phi) is 8.95. The van der Waals surface area contributed by atoms with Crippen LogP contribution in [0, 0.1) is 0 Å². The summed E-state index contributed by atoms with van der Waals surface area (Å²) >= 11 is 9.23. The van der Waals surface area contributed by atoms with Crippen LogP contribution >= 0.6 is 27.5 Å². The van der Waals surface area contributed by atoms with Crippen LogP contribution in [0.3, 0.4) is 0 Å². The summed E-state index contributed by atoms with van der Waals surface area (Å²) in [5.41, 5.74) is 3.53. The summed E-state index contributed by atoms with van der Waals surface area (Å²) in [5.74, 6) is -0.0188. The number of hydrogen-bond donors (Lipinski definition) is 1. The number of carbonyl (C=O) groups is 2. The molecule has 0 aliphatic rings. The van der Waals surface area contributed by atoms with E-state index in [0.717, 1.165) is 0 Å².